The fourth-order valence-electron chi connectivity index (χ4n) is 4.59. The quantitative estimate of drug-likeness (QED) is 0.553. The van der Waals surface area contributed by atoms with Crippen LogP contribution in [0.1, 0.15) is 54.0 Å². The predicted octanol–water partition coefficient (Wildman–Crippen LogP) is 4.83. The molecule has 3 heterocycles. The normalized spacial score (nSPS) is 27.7. The molecule has 0 saturated carbocycles. The maximum atomic E-state index is 13.0. The molecule has 1 aromatic heterocycles. The number of carbonyl (C=O) groups excluding carboxylic acids is 1. The Morgan fingerprint density at radius 3 is 2.47 bits per heavy atom. The number of anilines is 1. The number of aromatic nitrogens is 2. The molecular formula is C26H34F3N5O2. The average Bonchev–Trinajstić information content (AvgIpc) is 2.93. The van der Waals surface area contributed by atoms with E-state index in [2.05, 4.69) is 9.97 Å². The van der Waals surface area contributed by atoms with E-state index < -0.39 is 42.6 Å². The zero-order chi connectivity index (χ0) is 31.9. The number of rotatable bonds is 6. The van der Waals surface area contributed by atoms with Gasteiger partial charge in [0.25, 0.3) is 0 Å². The first kappa shape index (κ1) is 18.4. The van der Waals surface area contributed by atoms with E-state index in [1.807, 2.05) is 0 Å². The Labute approximate surface area is 220 Å². The fourth-order valence-corrected chi connectivity index (χ4v) is 4.59. The van der Waals surface area contributed by atoms with Crippen LogP contribution in [-0.2, 0) is 17.5 Å². The minimum atomic E-state index is -4.58. The molecule has 2 fully saturated rings. The first-order chi connectivity index (χ1) is 20.0. The molecule has 4 rings (SSSR count). The maximum Gasteiger partial charge on any atom is 0.434 e. The maximum absolute atomic E-state index is 13.0. The summed E-state index contributed by atoms with van der Waals surface area (Å²) in [5, 5.41) is 0. The number of benzene rings is 1. The number of hydrogen-bond acceptors (Lipinski definition) is 6. The Kier molecular flexibility index (Phi) is 5.85. The van der Waals surface area contributed by atoms with Gasteiger partial charge >= 0.3 is 12.3 Å². The largest absolute Gasteiger partial charge is 0.449 e. The van der Waals surface area contributed by atoms with Crippen molar-refractivity contribution in [1.29, 1.82) is 0 Å². The molecule has 1 unspecified atom stereocenters. The van der Waals surface area contributed by atoms with Crippen molar-refractivity contribution in [2.75, 3.05) is 37.6 Å². The third kappa shape index (κ3) is 6.66. The highest BCUT2D eigenvalue weighted by Gasteiger charge is 2.36. The van der Waals surface area contributed by atoms with Gasteiger partial charge < -0.3 is 9.64 Å². The number of likely N-dealkylation sites (tertiary alicyclic amines) is 1. The summed E-state index contributed by atoms with van der Waals surface area (Å²) in [6, 6.07) is -2.72. The lowest BCUT2D eigenvalue weighted by Crippen LogP contribution is -2.59. The molecule has 10 heteroatoms. The second-order valence-corrected chi connectivity index (χ2v) is 9.21. The van der Waals surface area contributed by atoms with Crippen LogP contribution in [0.4, 0.5) is 23.8 Å². The van der Waals surface area contributed by atoms with Crippen LogP contribution in [-0.4, -0.2) is 70.7 Å². The molecule has 36 heavy (non-hydrogen) atoms. The van der Waals surface area contributed by atoms with Gasteiger partial charge in [0.15, 0.2) is 5.69 Å². The summed E-state index contributed by atoms with van der Waals surface area (Å²) < 4.78 is 101. The lowest BCUT2D eigenvalue weighted by molar-refractivity contribution is -0.141. The van der Waals surface area contributed by atoms with E-state index >= 15 is 0 Å². The lowest BCUT2D eigenvalue weighted by atomic mass is 9.93. The van der Waals surface area contributed by atoms with Crippen LogP contribution in [0, 0.1) is 5.92 Å². The van der Waals surface area contributed by atoms with Gasteiger partial charge in [-0.05, 0) is 57.6 Å². The Hall–Kier alpha value is -2.88. The molecule has 2 saturated heterocycles. The summed E-state index contributed by atoms with van der Waals surface area (Å²) in [6.07, 6.45) is -2.21. The summed E-state index contributed by atoms with van der Waals surface area (Å²) in [5.74, 6) is 0.191. The lowest BCUT2D eigenvalue weighted by Gasteiger charge is -2.44. The first-order valence-corrected chi connectivity index (χ1v) is 11.9. The van der Waals surface area contributed by atoms with Crippen LogP contribution in [0.3, 0.4) is 0 Å². The van der Waals surface area contributed by atoms with Crippen LogP contribution >= 0.6 is 0 Å². The number of piperazine rings is 1. The molecule has 0 radical (unpaired) electrons. The molecule has 0 spiro atoms. The fraction of sp³-hybridized carbons (Fsp3) is 0.577. The summed E-state index contributed by atoms with van der Waals surface area (Å²) in [7, 11) is 0. The van der Waals surface area contributed by atoms with E-state index in [1.54, 1.807) is 23.6 Å². The SMILES string of the molecule is [2H]c1c([2H])c([2H])c(CN2CCC(CCOC(=O)N3[C@H](C)CN(c4cnc(C(F)(F)F)cn4)C[C@@H]3C)CC2([2H])[2H])c([2H])c1[2H]. The van der Waals surface area contributed by atoms with Gasteiger partial charge in [0.2, 0.25) is 0 Å². The number of nitrogens with zero attached hydrogens (tertiary/aromatic N) is 5. The molecule has 2 aliphatic rings. The molecule has 0 N–H and O–H groups in total. The summed E-state index contributed by atoms with van der Waals surface area (Å²) in [4.78, 5) is 25.1. The van der Waals surface area contributed by atoms with Crippen molar-refractivity contribution in [2.45, 2.75) is 57.9 Å². The van der Waals surface area contributed by atoms with Crippen molar-refractivity contribution in [3.05, 3.63) is 53.9 Å². The minimum absolute atomic E-state index is 0.0518. The van der Waals surface area contributed by atoms with Crippen LogP contribution in [0.5, 0.6) is 0 Å². The van der Waals surface area contributed by atoms with Crippen LogP contribution in [0.15, 0.2) is 42.6 Å². The van der Waals surface area contributed by atoms with Gasteiger partial charge in [-0.1, -0.05) is 30.2 Å². The van der Waals surface area contributed by atoms with Crippen molar-refractivity contribution in [2.24, 2.45) is 5.92 Å². The monoisotopic (exact) mass is 512 g/mol. The van der Waals surface area contributed by atoms with E-state index in [4.69, 9.17) is 14.3 Å². The minimum Gasteiger partial charge on any atom is -0.449 e. The third-order valence-corrected chi connectivity index (χ3v) is 6.45. The molecule has 0 aliphatic carbocycles. The van der Waals surface area contributed by atoms with Crippen LogP contribution in [0.2, 0.25) is 0 Å². The second kappa shape index (κ2) is 11.5. The smallest absolute Gasteiger partial charge is 0.434 e. The van der Waals surface area contributed by atoms with Gasteiger partial charge in [-0.3, -0.25) is 9.80 Å². The molecule has 1 aromatic carbocycles. The summed E-state index contributed by atoms with van der Waals surface area (Å²) in [5.41, 5.74) is -1.02. The third-order valence-electron chi connectivity index (χ3n) is 6.45. The van der Waals surface area contributed by atoms with Gasteiger partial charge in [-0.2, -0.15) is 13.2 Å². The molecule has 1 amide bonds. The van der Waals surface area contributed by atoms with Crippen molar-refractivity contribution in [1.82, 2.24) is 19.8 Å². The van der Waals surface area contributed by atoms with Gasteiger partial charge in [0.1, 0.15) is 5.82 Å². The standard InChI is InChI=1S/C26H34F3N5O2/c1-19-16-33(24-15-30-23(14-31-24)26(27,28)29)17-20(2)34(19)25(35)36-13-10-21-8-11-32(12-9-21)18-22-6-4-3-5-7-22/h3-7,14-15,19-21H,8-13,16-18H2,1-2H3/t19-,20+/i3D,4D,5D,6D,7D,11D2/t19-,20+,21?. The number of carbonyl (C=O) groups is 1. The van der Waals surface area contributed by atoms with E-state index in [0.29, 0.717) is 38.7 Å². The highest BCUT2D eigenvalue weighted by Crippen LogP contribution is 2.28. The molecule has 3 atom stereocenters. The molecule has 2 aromatic rings. The second-order valence-electron chi connectivity index (χ2n) is 9.21. The topological polar surface area (TPSA) is 61.8 Å². The van der Waals surface area contributed by atoms with E-state index in [0.717, 1.165) is 6.20 Å². The van der Waals surface area contributed by atoms with Gasteiger partial charge in [-0.15, -0.1) is 0 Å². The van der Waals surface area contributed by atoms with E-state index in [-0.39, 0.29) is 61.0 Å². The zero-order valence-corrected chi connectivity index (χ0v) is 20.2. The van der Waals surface area contributed by atoms with Crippen molar-refractivity contribution >= 4 is 11.9 Å². The molecule has 2 aliphatic heterocycles. The van der Waals surface area contributed by atoms with Crippen molar-refractivity contribution in [3.63, 3.8) is 0 Å². The average molecular weight is 513 g/mol. The molecule has 7 nitrogen and oxygen atoms in total. The Balaban J connectivity index is 1.28. The number of alkyl halides is 3. The highest BCUT2D eigenvalue weighted by molar-refractivity contribution is 5.69. The molecule has 0 bridgehead atoms. The summed E-state index contributed by atoms with van der Waals surface area (Å²) >= 11 is 0. The Morgan fingerprint density at radius 2 is 1.86 bits per heavy atom. The van der Waals surface area contributed by atoms with Gasteiger partial charge in [0.05, 0.1) is 37.9 Å². The zero-order valence-electron chi connectivity index (χ0n) is 27.2. The van der Waals surface area contributed by atoms with Crippen LogP contribution < -0.4 is 4.90 Å². The number of amides is 1. The van der Waals surface area contributed by atoms with E-state index in [9.17, 15) is 18.0 Å². The van der Waals surface area contributed by atoms with E-state index in [1.165, 1.54) is 4.90 Å². The highest BCUT2D eigenvalue weighted by atomic mass is 19.4. The number of halogens is 3. The van der Waals surface area contributed by atoms with Crippen molar-refractivity contribution in [3.8, 4) is 0 Å². The Morgan fingerprint density at radius 1 is 1.14 bits per heavy atom. The first-order valence-electron chi connectivity index (χ1n) is 15.4. The van der Waals surface area contributed by atoms with Gasteiger partial charge in [0, 0.05) is 22.4 Å². The Bertz CT molecular complexity index is 1290. The molecular weight excluding hydrogens is 471 g/mol. The van der Waals surface area contributed by atoms with Crippen molar-refractivity contribution < 1.29 is 32.3 Å². The number of ether oxygens (including phenoxy) is 1. The number of hydrogen-bond donors (Lipinski definition) is 0. The predicted molar refractivity (Wildman–Crippen MR) is 130 cm³/mol. The van der Waals surface area contributed by atoms with Gasteiger partial charge in [-0.25, -0.2) is 14.8 Å². The van der Waals surface area contributed by atoms with Crippen LogP contribution in [0.25, 0.3) is 0 Å². The number of piperidine rings is 1. The summed E-state index contributed by atoms with van der Waals surface area (Å²) in [6.45, 7) is 2.73. The molecule has 196 valence electrons.